The molecule has 0 fully saturated rings. The third-order valence-electron chi connectivity index (χ3n) is 6.51. The van der Waals surface area contributed by atoms with Crippen molar-refractivity contribution in [2.45, 2.75) is 40.5 Å². The molecule has 194 valence electrons. The van der Waals surface area contributed by atoms with E-state index in [1.54, 1.807) is 24.3 Å². The van der Waals surface area contributed by atoms with Crippen LogP contribution < -0.4 is 0 Å². The highest BCUT2D eigenvalue weighted by Gasteiger charge is 2.22. The maximum Gasteiger partial charge on any atom is 0.386 e. The van der Waals surface area contributed by atoms with Gasteiger partial charge in [0.2, 0.25) is 0 Å². The van der Waals surface area contributed by atoms with E-state index in [9.17, 15) is 14.7 Å². The second-order valence-corrected chi connectivity index (χ2v) is 11.7. The van der Waals surface area contributed by atoms with Crippen molar-refractivity contribution in [2.75, 3.05) is 6.61 Å². The lowest BCUT2D eigenvalue weighted by molar-refractivity contribution is 0.0341. The average molecular weight is 507 g/mol. The number of ether oxygens (including phenoxy) is 1. The summed E-state index contributed by atoms with van der Waals surface area (Å²) < 4.78 is 5.67. The fourth-order valence-electron chi connectivity index (χ4n) is 4.63. The average Bonchev–Trinajstić information content (AvgIpc) is 2.86. The lowest BCUT2D eigenvalue weighted by Crippen LogP contribution is -2.24. The predicted molar refractivity (Wildman–Crippen MR) is 151 cm³/mol. The van der Waals surface area contributed by atoms with Gasteiger partial charge < -0.3 is 4.74 Å². The molecular formula is C34H34O4. The molecule has 4 aromatic rings. The molecule has 0 atom stereocenters. The van der Waals surface area contributed by atoms with Gasteiger partial charge in [-0.3, -0.25) is 0 Å². The molecular weight excluding hydrogens is 472 g/mol. The minimum Gasteiger partial charge on any atom is -0.462 e. The molecule has 0 bridgehead atoms. The summed E-state index contributed by atoms with van der Waals surface area (Å²) in [6.07, 6.45) is 1.71. The van der Waals surface area contributed by atoms with Crippen LogP contribution in [0, 0.1) is 17.8 Å². The van der Waals surface area contributed by atoms with Gasteiger partial charge >= 0.3 is 11.9 Å². The van der Waals surface area contributed by atoms with Gasteiger partial charge in [0.1, 0.15) is 0 Å². The van der Waals surface area contributed by atoms with Crippen LogP contribution in [0.15, 0.2) is 84.9 Å². The summed E-state index contributed by atoms with van der Waals surface area (Å²) >= 11 is 0. The molecule has 0 aromatic heterocycles. The van der Waals surface area contributed by atoms with E-state index in [1.807, 2.05) is 0 Å². The van der Waals surface area contributed by atoms with E-state index < -0.39 is 11.9 Å². The highest BCUT2D eigenvalue weighted by Crippen LogP contribution is 2.27. The number of fused-ring (bicyclic) bond motifs is 1. The smallest absolute Gasteiger partial charge is 0.386 e. The molecule has 0 aliphatic heterocycles. The first kappa shape index (κ1) is 27.1. The van der Waals surface area contributed by atoms with Crippen molar-refractivity contribution in [3.8, 4) is 11.1 Å². The summed E-state index contributed by atoms with van der Waals surface area (Å²) in [6, 6.07) is 27.0. The zero-order valence-electron chi connectivity index (χ0n) is 22.5. The third-order valence-corrected chi connectivity index (χ3v) is 6.51. The van der Waals surface area contributed by atoms with Gasteiger partial charge in [0.15, 0.2) is 0 Å². The van der Waals surface area contributed by atoms with Gasteiger partial charge in [-0.2, -0.15) is 0 Å². The van der Waals surface area contributed by atoms with Crippen LogP contribution in [0.25, 0.3) is 21.9 Å². The van der Waals surface area contributed by atoms with Crippen molar-refractivity contribution >= 4 is 22.7 Å². The van der Waals surface area contributed by atoms with E-state index >= 15 is 0 Å². The van der Waals surface area contributed by atoms with Crippen molar-refractivity contribution in [3.63, 3.8) is 0 Å². The number of carbonyl (C=O) groups is 2. The SMILES string of the molecule is [CH2]C(C)(C)Cc1ccc(-c2ccc(CC(C)(C)COC(=O)c3ccc4cc(C([O])=O)ccc4c3)cc2)cc1. The Morgan fingerprint density at radius 2 is 1.16 bits per heavy atom. The molecule has 4 heteroatoms. The Labute approximate surface area is 225 Å². The Morgan fingerprint density at radius 3 is 1.66 bits per heavy atom. The molecule has 0 aliphatic carbocycles. The molecule has 4 rings (SSSR count). The van der Waals surface area contributed by atoms with Crippen molar-refractivity contribution in [3.05, 3.63) is 114 Å². The van der Waals surface area contributed by atoms with Crippen molar-refractivity contribution in [1.29, 1.82) is 0 Å². The van der Waals surface area contributed by atoms with Crippen LogP contribution in [-0.2, 0) is 22.7 Å². The largest absolute Gasteiger partial charge is 0.462 e. The van der Waals surface area contributed by atoms with E-state index in [2.05, 4.69) is 83.1 Å². The van der Waals surface area contributed by atoms with Crippen molar-refractivity contribution in [2.24, 2.45) is 10.8 Å². The highest BCUT2D eigenvalue weighted by molar-refractivity contribution is 5.98. The molecule has 0 heterocycles. The molecule has 4 nitrogen and oxygen atoms in total. The second-order valence-electron chi connectivity index (χ2n) is 11.7. The Kier molecular flexibility index (Phi) is 7.73. The molecule has 0 saturated heterocycles. The number of esters is 1. The summed E-state index contributed by atoms with van der Waals surface area (Å²) in [5, 5.41) is 12.6. The monoisotopic (exact) mass is 506 g/mol. The third kappa shape index (κ3) is 7.10. The van der Waals surface area contributed by atoms with E-state index in [0.29, 0.717) is 5.56 Å². The van der Waals surface area contributed by atoms with Gasteiger partial charge in [0.25, 0.3) is 0 Å². The summed E-state index contributed by atoms with van der Waals surface area (Å²) in [5.41, 5.74) is 5.13. The number of carbonyl (C=O) groups excluding carboxylic acids is 2. The van der Waals surface area contributed by atoms with Crippen LogP contribution in [0.4, 0.5) is 0 Å². The zero-order valence-corrected chi connectivity index (χ0v) is 22.5. The van der Waals surface area contributed by atoms with Gasteiger partial charge in [-0.15, -0.1) is 0 Å². The first-order valence-corrected chi connectivity index (χ1v) is 12.8. The molecule has 0 saturated carbocycles. The van der Waals surface area contributed by atoms with Crippen LogP contribution in [0.1, 0.15) is 59.5 Å². The van der Waals surface area contributed by atoms with E-state index in [-0.39, 0.29) is 23.0 Å². The van der Waals surface area contributed by atoms with Crippen molar-refractivity contribution in [1.82, 2.24) is 0 Å². The molecule has 38 heavy (non-hydrogen) atoms. The van der Waals surface area contributed by atoms with Gasteiger partial charge in [0, 0.05) is 5.41 Å². The number of hydrogen-bond donors (Lipinski definition) is 0. The van der Waals surface area contributed by atoms with Crippen LogP contribution >= 0.6 is 0 Å². The van der Waals surface area contributed by atoms with E-state index in [1.165, 1.54) is 34.4 Å². The lowest BCUT2D eigenvalue weighted by atomic mass is 9.86. The number of rotatable bonds is 9. The maximum absolute atomic E-state index is 12.7. The Bertz CT molecular complexity index is 1440. The Hall–Kier alpha value is -3.92. The molecule has 4 aromatic carbocycles. The fourth-order valence-corrected chi connectivity index (χ4v) is 4.63. The maximum atomic E-state index is 12.7. The van der Waals surface area contributed by atoms with Crippen LogP contribution in [0.2, 0.25) is 0 Å². The lowest BCUT2D eigenvalue weighted by Gasteiger charge is -2.24. The Balaban J connectivity index is 1.35. The topological polar surface area (TPSA) is 63.3 Å². The summed E-state index contributed by atoms with van der Waals surface area (Å²) in [6.45, 7) is 12.9. The molecule has 0 amide bonds. The standard InChI is InChI=1S/C34H34O4/c1-33(2,3)20-23-6-10-25(11-7-23)26-12-8-24(9-13-26)21-34(4,5)22-38-32(37)30-17-15-27-18-29(31(35)36)16-14-28(27)19-30/h6-19H,1,20-22H2,2-5H3. The molecule has 2 radical (unpaired) electrons. The minimum atomic E-state index is -1.23. The summed E-state index contributed by atoms with van der Waals surface area (Å²) in [7, 11) is 0. The molecule has 0 aliphatic rings. The first-order valence-electron chi connectivity index (χ1n) is 12.8. The van der Waals surface area contributed by atoms with Crippen LogP contribution in [0.3, 0.4) is 0 Å². The fraction of sp³-hybridized carbons (Fsp3) is 0.265. The molecule has 0 N–H and O–H groups in total. The highest BCUT2D eigenvalue weighted by atomic mass is 16.5. The molecule has 0 unspecified atom stereocenters. The van der Waals surface area contributed by atoms with Crippen LogP contribution in [-0.4, -0.2) is 18.5 Å². The summed E-state index contributed by atoms with van der Waals surface area (Å²) in [5.74, 6) is -1.62. The Morgan fingerprint density at radius 1 is 0.684 bits per heavy atom. The first-order chi connectivity index (χ1) is 17.9. The van der Waals surface area contributed by atoms with E-state index in [4.69, 9.17) is 4.74 Å². The summed E-state index contributed by atoms with van der Waals surface area (Å²) in [4.78, 5) is 23.8. The van der Waals surface area contributed by atoms with Gasteiger partial charge in [-0.05, 0) is 82.5 Å². The van der Waals surface area contributed by atoms with Crippen LogP contribution in [0.5, 0.6) is 0 Å². The van der Waals surface area contributed by atoms with Gasteiger partial charge in [-0.1, -0.05) is 88.4 Å². The quantitative estimate of drug-likeness (QED) is 0.217. The van der Waals surface area contributed by atoms with E-state index in [0.717, 1.165) is 23.6 Å². The number of hydrogen-bond acceptors (Lipinski definition) is 3. The van der Waals surface area contributed by atoms with Gasteiger partial charge in [0.05, 0.1) is 17.7 Å². The molecule has 0 spiro atoms. The minimum absolute atomic E-state index is 0.0196. The predicted octanol–water partition coefficient (Wildman–Crippen LogP) is 7.91. The van der Waals surface area contributed by atoms with Crippen molar-refractivity contribution < 1.29 is 19.4 Å². The van der Waals surface area contributed by atoms with Gasteiger partial charge in [-0.25, -0.2) is 14.7 Å². The zero-order chi connectivity index (χ0) is 27.5. The second kappa shape index (κ2) is 10.8. The normalized spacial score (nSPS) is 11.9. The number of benzene rings is 4.